The first-order valence-electron chi connectivity index (χ1n) is 9.72. The molecule has 0 N–H and O–H groups in total. The number of hydrogen-bond acceptors (Lipinski definition) is 3. The van der Waals surface area contributed by atoms with E-state index in [4.69, 9.17) is 4.74 Å². The van der Waals surface area contributed by atoms with E-state index in [9.17, 15) is 4.79 Å². The SMILES string of the molecule is Cc1cc2c(cc1C)OC(C(=O)N1Cc3ccccc3C(n3cccn3)C1)C2. The van der Waals surface area contributed by atoms with Gasteiger partial charge in [-0.25, -0.2) is 0 Å². The maximum Gasteiger partial charge on any atom is 0.264 e. The highest BCUT2D eigenvalue weighted by Crippen LogP contribution is 2.34. The summed E-state index contributed by atoms with van der Waals surface area (Å²) in [6.07, 6.45) is 3.94. The second-order valence-corrected chi connectivity index (χ2v) is 7.77. The molecule has 0 aliphatic carbocycles. The van der Waals surface area contributed by atoms with E-state index in [0.717, 1.165) is 11.3 Å². The van der Waals surface area contributed by atoms with Gasteiger partial charge < -0.3 is 9.64 Å². The quantitative estimate of drug-likeness (QED) is 0.691. The molecule has 2 aromatic carbocycles. The molecule has 142 valence electrons. The van der Waals surface area contributed by atoms with E-state index in [1.807, 2.05) is 34.0 Å². The van der Waals surface area contributed by atoms with Crippen LogP contribution in [0.3, 0.4) is 0 Å². The van der Waals surface area contributed by atoms with E-state index < -0.39 is 6.10 Å². The Labute approximate surface area is 164 Å². The molecule has 0 bridgehead atoms. The molecule has 2 unspecified atom stereocenters. The molecule has 2 atom stereocenters. The van der Waals surface area contributed by atoms with Crippen molar-refractivity contribution in [2.75, 3.05) is 6.54 Å². The van der Waals surface area contributed by atoms with Crippen LogP contribution in [0.4, 0.5) is 0 Å². The summed E-state index contributed by atoms with van der Waals surface area (Å²) in [5.41, 5.74) is 5.96. The minimum absolute atomic E-state index is 0.0252. The van der Waals surface area contributed by atoms with Crippen LogP contribution in [0.2, 0.25) is 0 Å². The van der Waals surface area contributed by atoms with Crippen molar-refractivity contribution in [2.45, 2.75) is 39.0 Å². The molecule has 5 rings (SSSR count). The molecule has 0 saturated carbocycles. The van der Waals surface area contributed by atoms with Crippen molar-refractivity contribution in [2.24, 2.45) is 0 Å². The number of aryl methyl sites for hydroxylation is 2. The number of benzene rings is 2. The number of nitrogens with zero attached hydrogens (tertiary/aromatic N) is 3. The van der Waals surface area contributed by atoms with Crippen LogP contribution in [0.15, 0.2) is 54.9 Å². The van der Waals surface area contributed by atoms with Crippen molar-refractivity contribution < 1.29 is 9.53 Å². The summed E-state index contributed by atoms with van der Waals surface area (Å²) in [5, 5.41) is 4.43. The maximum atomic E-state index is 13.3. The lowest BCUT2D eigenvalue weighted by atomic mass is 9.95. The van der Waals surface area contributed by atoms with E-state index in [2.05, 4.69) is 43.2 Å². The molecule has 3 heterocycles. The molecule has 1 amide bonds. The number of carbonyl (C=O) groups is 1. The summed E-state index contributed by atoms with van der Waals surface area (Å²) in [6.45, 7) is 5.39. The fourth-order valence-corrected chi connectivity index (χ4v) is 4.29. The number of carbonyl (C=O) groups excluding carboxylic acids is 1. The van der Waals surface area contributed by atoms with Gasteiger partial charge in [0.15, 0.2) is 6.10 Å². The average Bonchev–Trinajstić information content (AvgIpc) is 3.37. The van der Waals surface area contributed by atoms with Gasteiger partial charge in [-0.1, -0.05) is 30.3 Å². The molecule has 0 spiro atoms. The molecule has 0 radical (unpaired) electrons. The highest BCUT2D eigenvalue weighted by Gasteiger charge is 2.36. The lowest BCUT2D eigenvalue weighted by Crippen LogP contribution is -2.46. The average molecular weight is 373 g/mol. The van der Waals surface area contributed by atoms with Gasteiger partial charge in [0.1, 0.15) is 5.75 Å². The van der Waals surface area contributed by atoms with E-state index in [0.29, 0.717) is 19.5 Å². The first-order chi connectivity index (χ1) is 13.6. The van der Waals surface area contributed by atoms with Crippen molar-refractivity contribution >= 4 is 5.91 Å². The van der Waals surface area contributed by atoms with Crippen LogP contribution in [0.5, 0.6) is 5.75 Å². The normalized spacial score (nSPS) is 20.4. The minimum atomic E-state index is -0.445. The van der Waals surface area contributed by atoms with Crippen LogP contribution in [0.25, 0.3) is 0 Å². The van der Waals surface area contributed by atoms with Gasteiger partial charge in [0.25, 0.3) is 5.91 Å². The van der Waals surface area contributed by atoms with Crippen molar-refractivity contribution in [3.05, 3.63) is 82.7 Å². The Bertz CT molecular complexity index is 1010. The molecule has 5 nitrogen and oxygen atoms in total. The summed E-state index contributed by atoms with van der Waals surface area (Å²) in [6, 6.07) is 14.5. The van der Waals surface area contributed by atoms with Crippen LogP contribution in [-0.2, 0) is 17.8 Å². The van der Waals surface area contributed by atoms with Crippen molar-refractivity contribution in [1.82, 2.24) is 14.7 Å². The van der Waals surface area contributed by atoms with E-state index in [1.54, 1.807) is 6.20 Å². The zero-order chi connectivity index (χ0) is 19.3. The number of rotatable bonds is 2. The molecule has 1 aromatic heterocycles. The van der Waals surface area contributed by atoms with Gasteiger partial charge in [-0.05, 0) is 53.8 Å². The first-order valence-corrected chi connectivity index (χ1v) is 9.72. The third-order valence-corrected chi connectivity index (χ3v) is 5.95. The monoisotopic (exact) mass is 373 g/mol. The number of aromatic nitrogens is 2. The first kappa shape index (κ1) is 17.0. The van der Waals surface area contributed by atoms with Crippen LogP contribution in [0.1, 0.15) is 33.9 Å². The number of amides is 1. The Kier molecular flexibility index (Phi) is 3.97. The number of ether oxygens (including phenoxy) is 1. The minimum Gasteiger partial charge on any atom is -0.480 e. The Balaban J connectivity index is 1.42. The summed E-state index contributed by atoms with van der Waals surface area (Å²) >= 11 is 0. The summed E-state index contributed by atoms with van der Waals surface area (Å²) < 4.78 is 8.00. The summed E-state index contributed by atoms with van der Waals surface area (Å²) in [5.74, 6) is 0.903. The fraction of sp³-hybridized carbons (Fsp3) is 0.304. The maximum absolute atomic E-state index is 13.3. The van der Waals surface area contributed by atoms with Gasteiger partial charge in [0, 0.05) is 31.9 Å². The topological polar surface area (TPSA) is 47.4 Å². The smallest absolute Gasteiger partial charge is 0.264 e. The predicted molar refractivity (Wildman–Crippen MR) is 106 cm³/mol. The molecular formula is C23H23N3O2. The highest BCUT2D eigenvalue weighted by molar-refractivity contribution is 5.83. The van der Waals surface area contributed by atoms with Crippen LogP contribution in [0, 0.1) is 13.8 Å². The molecule has 2 aliphatic heterocycles. The lowest BCUT2D eigenvalue weighted by Gasteiger charge is -2.35. The van der Waals surface area contributed by atoms with E-state index in [-0.39, 0.29) is 11.9 Å². The van der Waals surface area contributed by atoms with Crippen molar-refractivity contribution in [3.8, 4) is 5.75 Å². The van der Waals surface area contributed by atoms with E-state index >= 15 is 0 Å². The summed E-state index contributed by atoms with van der Waals surface area (Å²) in [4.78, 5) is 15.3. The molecular weight excluding hydrogens is 350 g/mol. The Morgan fingerprint density at radius 1 is 1.11 bits per heavy atom. The lowest BCUT2D eigenvalue weighted by molar-refractivity contribution is -0.139. The predicted octanol–water partition coefficient (Wildman–Crippen LogP) is 3.44. The van der Waals surface area contributed by atoms with Crippen molar-refractivity contribution in [3.63, 3.8) is 0 Å². The molecule has 5 heteroatoms. The third-order valence-electron chi connectivity index (χ3n) is 5.95. The standard InChI is InChI=1S/C23H23N3O2/c1-15-10-18-12-22(28-21(18)11-16(15)2)23(27)25-13-17-6-3-4-7-19(17)20(14-25)26-9-5-8-24-26/h3-11,20,22H,12-14H2,1-2H3. The number of fused-ring (bicyclic) bond motifs is 2. The van der Waals surface area contributed by atoms with Crippen LogP contribution >= 0.6 is 0 Å². The highest BCUT2D eigenvalue weighted by atomic mass is 16.5. The van der Waals surface area contributed by atoms with Crippen LogP contribution < -0.4 is 4.74 Å². The van der Waals surface area contributed by atoms with Crippen LogP contribution in [-0.4, -0.2) is 33.2 Å². The van der Waals surface area contributed by atoms with Gasteiger partial charge in [0.2, 0.25) is 0 Å². The Morgan fingerprint density at radius 3 is 2.75 bits per heavy atom. The summed E-state index contributed by atoms with van der Waals surface area (Å²) in [7, 11) is 0. The second-order valence-electron chi connectivity index (χ2n) is 7.77. The van der Waals surface area contributed by atoms with E-state index in [1.165, 1.54) is 22.3 Å². The zero-order valence-corrected chi connectivity index (χ0v) is 16.1. The molecule has 0 saturated heterocycles. The second kappa shape index (κ2) is 6.51. The van der Waals surface area contributed by atoms with Crippen molar-refractivity contribution in [1.29, 1.82) is 0 Å². The molecule has 3 aromatic rings. The fourth-order valence-electron chi connectivity index (χ4n) is 4.29. The van der Waals surface area contributed by atoms with Gasteiger partial charge >= 0.3 is 0 Å². The third kappa shape index (κ3) is 2.78. The van der Waals surface area contributed by atoms with Gasteiger partial charge in [0.05, 0.1) is 6.04 Å². The Hall–Kier alpha value is -3.08. The Morgan fingerprint density at radius 2 is 1.93 bits per heavy atom. The van der Waals surface area contributed by atoms with Gasteiger partial charge in [-0.2, -0.15) is 5.10 Å². The van der Waals surface area contributed by atoms with Gasteiger partial charge in [-0.15, -0.1) is 0 Å². The van der Waals surface area contributed by atoms with Gasteiger partial charge in [-0.3, -0.25) is 9.48 Å². The zero-order valence-electron chi connectivity index (χ0n) is 16.1. The molecule has 2 aliphatic rings. The number of hydrogen-bond donors (Lipinski definition) is 0. The molecule has 0 fully saturated rings. The largest absolute Gasteiger partial charge is 0.480 e. The molecule has 28 heavy (non-hydrogen) atoms.